The molecule has 2 aromatic carbocycles. The van der Waals surface area contributed by atoms with Crippen LogP contribution in [-0.2, 0) is 18.2 Å². The standard InChI is InChI=1S/C24H29N3O4/c1-15-4-7-18(23-13-20(29)12-22(14-28)30-23)11-19(15)10-17-5-8-21(9-6-17)31-24-26-25-16(2)27(24)3/h4-9,11,20,22-23,28-29H,10,12-14H2,1-3H3/t20?,22-,23+/m0/s1. The van der Waals surface area contributed by atoms with Gasteiger partial charge in [0.2, 0.25) is 0 Å². The van der Waals surface area contributed by atoms with E-state index in [1.807, 2.05) is 38.2 Å². The van der Waals surface area contributed by atoms with Gasteiger partial charge in [-0.3, -0.25) is 4.57 Å². The van der Waals surface area contributed by atoms with Crippen LogP contribution in [0.1, 0.15) is 47.0 Å². The molecule has 1 saturated heterocycles. The average Bonchev–Trinajstić information content (AvgIpc) is 3.08. The molecule has 2 N–H and O–H groups in total. The van der Waals surface area contributed by atoms with Crippen molar-refractivity contribution in [3.05, 3.63) is 70.5 Å². The predicted molar refractivity (Wildman–Crippen MR) is 116 cm³/mol. The van der Waals surface area contributed by atoms with Crippen molar-refractivity contribution in [2.75, 3.05) is 6.61 Å². The zero-order valence-corrected chi connectivity index (χ0v) is 18.2. The average molecular weight is 424 g/mol. The third-order valence-electron chi connectivity index (χ3n) is 5.91. The molecule has 1 fully saturated rings. The van der Waals surface area contributed by atoms with Gasteiger partial charge >= 0.3 is 6.01 Å². The number of rotatable bonds is 6. The van der Waals surface area contributed by atoms with Crippen molar-refractivity contribution in [2.24, 2.45) is 7.05 Å². The molecule has 164 valence electrons. The van der Waals surface area contributed by atoms with Crippen molar-refractivity contribution in [2.45, 2.75) is 51.4 Å². The maximum Gasteiger partial charge on any atom is 0.322 e. The van der Waals surface area contributed by atoms with Crippen LogP contribution in [0.3, 0.4) is 0 Å². The Morgan fingerprint density at radius 2 is 1.87 bits per heavy atom. The summed E-state index contributed by atoms with van der Waals surface area (Å²) in [6, 6.07) is 14.7. The smallest absolute Gasteiger partial charge is 0.322 e. The third kappa shape index (κ3) is 4.95. The van der Waals surface area contributed by atoms with Crippen LogP contribution < -0.4 is 4.74 Å². The van der Waals surface area contributed by atoms with Gasteiger partial charge in [-0.25, -0.2) is 0 Å². The van der Waals surface area contributed by atoms with Crippen LogP contribution >= 0.6 is 0 Å². The summed E-state index contributed by atoms with van der Waals surface area (Å²) in [6.45, 7) is 3.90. The van der Waals surface area contributed by atoms with Gasteiger partial charge in [0.05, 0.1) is 24.9 Å². The van der Waals surface area contributed by atoms with Crippen LogP contribution in [0.15, 0.2) is 42.5 Å². The Kier molecular flexibility index (Phi) is 6.36. The largest absolute Gasteiger partial charge is 0.424 e. The first-order valence-electron chi connectivity index (χ1n) is 10.6. The molecule has 1 aliphatic rings. The molecule has 7 nitrogen and oxygen atoms in total. The lowest BCUT2D eigenvalue weighted by Gasteiger charge is -2.32. The number of aliphatic hydroxyl groups excluding tert-OH is 2. The minimum absolute atomic E-state index is 0.0748. The molecule has 0 amide bonds. The Balaban J connectivity index is 1.47. The molecule has 1 aliphatic heterocycles. The molecule has 3 atom stereocenters. The third-order valence-corrected chi connectivity index (χ3v) is 5.91. The highest BCUT2D eigenvalue weighted by Gasteiger charge is 2.29. The van der Waals surface area contributed by atoms with E-state index in [4.69, 9.17) is 9.47 Å². The second-order valence-electron chi connectivity index (χ2n) is 8.25. The lowest BCUT2D eigenvalue weighted by Crippen LogP contribution is -2.33. The van der Waals surface area contributed by atoms with Gasteiger partial charge in [0.25, 0.3) is 0 Å². The molecular formula is C24H29N3O4. The van der Waals surface area contributed by atoms with Crippen molar-refractivity contribution < 1.29 is 19.7 Å². The van der Waals surface area contributed by atoms with Gasteiger partial charge in [-0.05, 0) is 54.7 Å². The first-order valence-corrected chi connectivity index (χ1v) is 10.6. The number of hydrogen-bond acceptors (Lipinski definition) is 6. The van der Waals surface area contributed by atoms with Gasteiger partial charge in [0, 0.05) is 19.9 Å². The SMILES string of the molecule is Cc1ccc([C@H]2CC(O)C[C@@H](CO)O2)cc1Cc1ccc(Oc2nnc(C)n2C)cc1. The molecule has 7 heteroatoms. The van der Waals surface area contributed by atoms with Crippen LogP contribution in [0.2, 0.25) is 0 Å². The quantitative estimate of drug-likeness (QED) is 0.632. The Bertz CT molecular complexity index is 1030. The number of aryl methyl sites for hydroxylation is 2. The lowest BCUT2D eigenvalue weighted by atomic mass is 9.92. The van der Waals surface area contributed by atoms with E-state index in [2.05, 4.69) is 35.3 Å². The molecular weight excluding hydrogens is 394 g/mol. The van der Waals surface area contributed by atoms with Crippen LogP contribution in [0, 0.1) is 13.8 Å². The van der Waals surface area contributed by atoms with Gasteiger partial charge in [-0.15, -0.1) is 5.10 Å². The monoisotopic (exact) mass is 423 g/mol. The van der Waals surface area contributed by atoms with Crippen molar-refractivity contribution >= 4 is 0 Å². The molecule has 4 rings (SSSR count). The van der Waals surface area contributed by atoms with Crippen LogP contribution in [-0.4, -0.2) is 43.8 Å². The van der Waals surface area contributed by atoms with Crippen LogP contribution in [0.4, 0.5) is 0 Å². The van der Waals surface area contributed by atoms with Gasteiger partial charge in [0.1, 0.15) is 11.6 Å². The van der Waals surface area contributed by atoms with E-state index in [1.165, 1.54) is 16.7 Å². The van der Waals surface area contributed by atoms with Crippen molar-refractivity contribution in [3.63, 3.8) is 0 Å². The number of hydrogen-bond donors (Lipinski definition) is 2. The van der Waals surface area contributed by atoms with Gasteiger partial charge < -0.3 is 19.7 Å². The summed E-state index contributed by atoms with van der Waals surface area (Å²) in [6.07, 6.45) is 0.836. The lowest BCUT2D eigenvalue weighted by molar-refractivity contribution is -0.113. The Labute approximate surface area is 182 Å². The van der Waals surface area contributed by atoms with Gasteiger partial charge in [0.15, 0.2) is 0 Å². The number of aliphatic hydroxyl groups is 2. The molecule has 3 aromatic rings. The summed E-state index contributed by atoms with van der Waals surface area (Å²) in [5.41, 5.74) is 4.61. The Morgan fingerprint density at radius 3 is 2.55 bits per heavy atom. The minimum Gasteiger partial charge on any atom is -0.424 e. The summed E-state index contributed by atoms with van der Waals surface area (Å²) < 4.78 is 13.6. The predicted octanol–water partition coefficient (Wildman–Crippen LogP) is 3.39. The summed E-state index contributed by atoms with van der Waals surface area (Å²) in [7, 11) is 1.87. The number of nitrogens with zero attached hydrogens (tertiary/aromatic N) is 3. The van der Waals surface area contributed by atoms with E-state index >= 15 is 0 Å². The molecule has 0 aliphatic carbocycles. The normalized spacial score (nSPS) is 21.3. The molecule has 0 saturated carbocycles. The number of ether oxygens (including phenoxy) is 2. The maximum atomic E-state index is 10.1. The molecule has 1 unspecified atom stereocenters. The first kappa shape index (κ1) is 21.5. The summed E-state index contributed by atoms with van der Waals surface area (Å²) in [5, 5.41) is 27.6. The maximum absolute atomic E-state index is 10.1. The fraction of sp³-hybridized carbons (Fsp3) is 0.417. The molecule has 1 aromatic heterocycles. The van der Waals surface area contributed by atoms with Crippen LogP contribution in [0.25, 0.3) is 0 Å². The highest BCUT2D eigenvalue weighted by molar-refractivity contribution is 5.38. The van der Waals surface area contributed by atoms with Crippen molar-refractivity contribution in [1.82, 2.24) is 14.8 Å². The van der Waals surface area contributed by atoms with Crippen molar-refractivity contribution in [3.8, 4) is 11.8 Å². The van der Waals surface area contributed by atoms with E-state index in [-0.39, 0.29) is 18.8 Å². The van der Waals surface area contributed by atoms with E-state index in [0.29, 0.717) is 24.6 Å². The van der Waals surface area contributed by atoms with Gasteiger partial charge in [-0.1, -0.05) is 35.4 Å². The first-order chi connectivity index (χ1) is 14.9. The van der Waals surface area contributed by atoms with Gasteiger partial charge in [-0.2, -0.15) is 0 Å². The van der Waals surface area contributed by atoms with E-state index in [1.54, 1.807) is 4.57 Å². The molecule has 31 heavy (non-hydrogen) atoms. The second-order valence-corrected chi connectivity index (χ2v) is 8.25. The zero-order valence-electron chi connectivity index (χ0n) is 18.2. The van der Waals surface area contributed by atoms with Crippen LogP contribution in [0.5, 0.6) is 11.8 Å². The van der Waals surface area contributed by atoms with E-state index < -0.39 is 6.10 Å². The van der Waals surface area contributed by atoms with E-state index in [0.717, 1.165) is 17.8 Å². The molecule has 0 radical (unpaired) electrons. The Morgan fingerprint density at radius 1 is 1.10 bits per heavy atom. The Hall–Kier alpha value is -2.74. The summed E-state index contributed by atoms with van der Waals surface area (Å²) >= 11 is 0. The minimum atomic E-state index is -0.453. The molecule has 0 spiro atoms. The second kappa shape index (κ2) is 9.18. The summed E-state index contributed by atoms with van der Waals surface area (Å²) in [5.74, 6) is 1.51. The van der Waals surface area contributed by atoms with E-state index in [9.17, 15) is 10.2 Å². The highest BCUT2D eigenvalue weighted by atomic mass is 16.5. The number of aromatic nitrogens is 3. The fourth-order valence-corrected chi connectivity index (χ4v) is 3.88. The summed E-state index contributed by atoms with van der Waals surface area (Å²) in [4.78, 5) is 0. The zero-order chi connectivity index (χ0) is 22.0. The highest BCUT2D eigenvalue weighted by Crippen LogP contribution is 2.33. The molecule has 0 bridgehead atoms. The van der Waals surface area contributed by atoms with Crippen molar-refractivity contribution in [1.29, 1.82) is 0 Å². The molecule has 2 heterocycles. The fourth-order valence-electron chi connectivity index (χ4n) is 3.88. The number of benzene rings is 2. The topological polar surface area (TPSA) is 89.6 Å².